The summed E-state index contributed by atoms with van der Waals surface area (Å²) in [6.45, 7) is 4.80. The zero-order valence-electron chi connectivity index (χ0n) is 15.9. The third-order valence-electron chi connectivity index (χ3n) is 3.77. The molecule has 7 heteroatoms. The molecule has 0 spiro atoms. The lowest BCUT2D eigenvalue weighted by Crippen LogP contribution is -2.31. The average Bonchev–Trinajstić information content (AvgIpc) is 2.63. The first kappa shape index (κ1) is 20.8. The number of ether oxygens (including phenoxy) is 1. The van der Waals surface area contributed by atoms with Crippen molar-refractivity contribution < 1.29 is 17.9 Å². The van der Waals surface area contributed by atoms with Crippen LogP contribution in [0.1, 0.15) is 19.4 Å². The van der Waals surface area contributed by atoms with E-state index < -0.39 is 10.0 Å². The maximum Gasteiger partial charge on any atom is 0.257 e. The predicted molar refractivity (Wildman–Crippen MR) is 107 cm³/mol. The molecule has 0 radical (unpaired) electrons. The van der Waals surface area contributed by atoms with Crippen LogP contribution in [0.2, 0.25) is 0 Å². The number of anilines is 1. The van der Waals surface area contributed by atoms with Gasteiger partial charge < -0.3 is 10.1 Å². The summed E-state index contributed by atoms with van der Waals surface area (Å²) >= 11 is 0. The Morgan fingerprint density at radius 2 is 1.70 bits per heavy atom. The summed E-state index contributed by atoms with van der Waals surface area (Å²) in [7, 11) is -3.44. The second-order valence-electron chi connectivity index (χ2n) is 6.74. The summed E-state index contributed by atoms with van der Waals surface area (Å²) in [5.74, 6) is 0.695. The molecule has 146 valence electrons. The Hall–Kier alpha value is -2.54. The Morgan fingerprint density at radius 3 is 2.26 bits per heavy atom. The third-order valence-corrected chi connectivity index (χ3v) is 4.91. The summed E-state index contributed by atoms with van der Waals surface area (Å²) in [6, 6.07) is 16.1. The zero-order chi connectivity index (χ0) is 19.9. The molecule has 0 aliphatic rings. The Bertz CT molecular complexity index is 834. The molecule has 0 saturated heterocycles. The van der Waals surface area contributed by atoms with Gasteiger partial charge in [-0.2, -0.15) is 0 Å². The van der Waals surface area contributed by atoms with Gasteiger partial charge in [-0.25, -0.2) is 8.42 Å². The first-order chi connectivity index (χ1) is 12.8. The van der Waals surface area contributed by atoms with Crippen molar-refractivity contribution in [3.63, 3.8) is 0 Å². The van der Waals surface area contributed by atoms with Gasteiger partial charge in [0.25, 0.3) is 5.91 Å². The summed E-state index contributed by atoms with van der Waals surface area (Å²) < 4.78 is 31.2. The minimum absolute atomic E-state index is 0.0775. The molecule has 2 rings (SSSR count). The number of sulfonamides is 1. The Balaban J connectivity index is 2.03. The largest absolute Gasteiger partial charge is 0.484 e. The van der Waals surface area contributed by atoms with E-state index in [-0.39, 0.29) is 19.1 Å². The number of nitrogens with zero attached hydrogens (tertiary/aromatic N) is 1. The fourth-order valence-corrected chi connectivity index (χ4v) is 3.26. The van der Waals surface area contributed by atoms with E-state index >= 15 is 0 Å². The van der Waals surface area contributed by atoms with Gasteiger partial charge in [-0.05, 0) is 35.7 Å². The van der Waals surface area contributed by atoms with Crippen molar-refractivity contribution in [3.05, 3.63) is 60.2 Å². The molecule has 0 fully saturated rings. The molecule has 0 aromatic heterocycles. The van der Waals surface area contributed by atoms with Gasteiger partial charge in [0.1, 0.15) is 5.75 Å². The van der Waals surface area contributed by atoms with Crippen LogP contribution in [0.3, 0.4) is 0 Å². The fraction of sp³-hybridized carbons (Fsp3) is 0.350. The Labute approximate surface area is 161 Å². The minimum atomic E-state index is -3.44. The molecule has 0 aliphatic carbocycles. The van der Waals surface area contributed by atoms with Crippen LogP contribution in [-0.4, -0.2) is 33.7 Å². The lowest BCUT2D eigenvalue weighted by Gasteiger charge is -2.22. The predicted octanol–water partition coefficient (Wildman–Crippen LogP) is 2.80. The van der Waals surface area contributed by atoms with E-state index in [9.17, 15) is 13.2 Å². The maximum atomic E-state index is 12.2. The molecular weight excluding hydrogens is 364 g/mol. The van der Waals surface area contributed by atoms with Gasteiger partial charge in [-0.15, -0.1) is 0 Å². The van der Waals surface area contributed by atoms with Gasteiger partial charge in [0, 0.05) is 6.54 Å². The Kier molecular flexibility index (Phi) is 7.24. The number of carbonyl (C=O) groups is 1. The molecule has 0 heterocycles. The lowest BCUT2D eigenvalue weighted by molar-refractivity contribution is -0.123. The van der Waals surface area contributed by atoms with Crippen molar-refractivity contribution in [2.45, 2.75) is 20.4 Å². The quantitative estimate of drug-likeness (QED) is 0.714. The fourth-order valence-electron chi connectivity index (χ4n) is 2.38. The number of carbonyl (C=O) groups excluding carboxylic acids is 1. The van der Waals surface area contributed by atoms with Crippen LogP contribution >= 0.6 is 0 Å². The number of nitrogens with one attached hydrogen (secondary N) is 1. The normalized spacial score (nSPS) is 11.3. The van der Waals surface area contributed by atoms with Crippen LogP contribution < -0.4 is 14.4 Å². The highest BCUT2D eigenvalue weighted by Crippen LogP contribution is 2.23. The molecule has 0 saturated carbocycles. The molecule has 27 heavy (non-hydrogen) atoms. The van der Waals surface area contributed by atoms with Gasteiger partial charge in [-0.3, -0.25) is 9.10 Å². The number of amides is 1. The maximum absolute atomic E-state index is 12.2. The topological polar surface area (TPSA) is 75.7 Å². The smallest absolute Gasteiger partial charge is 0.257 e. The number of rotatable bonds is 9. The lowest BCUT2D eigenvalue weighted by atomic mass is 10.2. The van der Waals surface area contributed by atoms with Crippen LogP contribution in [0.25, 0.3) is 0 Å². The highest BCUT2D eigenvalue weighted by molar-refractivity contribution is 7.92. The molecule has 2 aromatic rings. The first-order valence-corrected chi connectivity index (χ1v) is 10.6. The summed E-state index contributed by atoms with van der Waals surface area (Å²) in [5.41, 5.74) is 1.43. The Morgan fingerprint density at radius 1 is 1.07 bits per heavy atom. The van der Waals surface area contributed by atoms with E-state index in [2.05, 4.69) is 5.32 Å². The van der Waals surface area contributed by atoms with Crippen molar-refractivity contribution in [2.75, 3.05) is 23.7 Å². The van der Waals surface area contributed by atoms with Gasteiger partial charge in [0.2, 0.25) is 10.0 Å². The molecule has 2 aromatic carbocycles. The van der Waals surface area contributed by atoms with Crippen molar-refractivity contribution >= 4 is 21.6 Å². The molecule has 1 amide bonds. The average molecular weight is 391 g/mol. The van der Waals surface area contributed by atoms with E-state index in [4.69, 9.17) is 4.74 Å². The molecule has 0 unspecified atom stereocenters. The van der Waals surface area contributed by atoms with Crippen LogP contribution in [-0.2, 0) is 21.4 Å². The van der Waals surface area contributed by atoms with E-state index in [1.807, 2.05) is 44.2 Å². The standard InChI is InChI=1S/C20H26N2O4S/c1-16(2)13-21-20(23)15-26-19-11-9-18(10-12-19)22(27(3,24)25)14-17-7-5-4-6-8-17/h4-12,16H,13-15H2,1-3H3,(H,21,23). The highest BCUT2D eigenvalue weighted by atomic mass is 32.2. The van der Waals surface area contributed by atoms with Crippen molar-refractivity contribution in [1.82, 2.24) is 5.32 Å². The summed E-state index contributed by atoms with van der Waals surface area (Å²) in [5, 5.41) is 2.78. The van der Waals surface area contributed by atoms with E-state index in [0.29, 0.717) is 23.9 Å². The van der Waals surface area contributed by atoms with Gasteiger partial charge >= 0.3 is 0 Å². The molecule has 6 nitrogen and oxygen atoms in total. The van der Waals surface area contributed by atoms with Crippen LogP contribution in [0.5, 0.6) is 5.75 Å². The zero-order valence-corrected chi connectivity index (χ0v) is 16.7. The van der Waals surface area contributed by atoms with E-state index in [0.717, 1.165) is 5.56 Å². The monoisotopic (exact) mass is 390 g/mol. The van der Waals surface area contributed by atoms with Crippen molar-refractivity contribution in [3.8, 4) is 5.75 Å². The van der Waals surface area contributed by atoms with Crippen molar-refractivity contribution in [2.24, 2.45) is 5.92 Å². The van der Waals surface area contributed by atoms with Gasteiger partial charge in [-0.1, -0.05) is 44.2 Å². The van der Waals surface area contributed by atoms with Gasteiger partial charge in [0.15, 0.2) is 6.61 Å². The second kappa shape index (κ2) is 9.41. The first-order valence-electron chi connectivity index (χ1n) is 8.77. The van der Waals surface area contributed by atoms with E-state index in [1.165, 1.54) is 10.6 Å². The molecule has 0 aliphatic heterocycles. The molecule has 0 bridgehead atoms. The van der Waals surface area contributed by atoms with Gasteiger partial charge in [0.05, 0.1) is 18.5 Å². The number of hydrogen-bond donors (Lipinski definition) is 1. The SMILES string of the molecule is CC(C)CNC(=O)COc1ccc(N(Cc2ccccc2)S(C)(=O)=O)cc1. The third kappa shape index (κ3) is 6.94. The van der Waals surface area contributed by atoms with Crippen LogP contribution in [0, 0.1) is 5.92 Å². The molecule has 0 atom stereocenters. The van der Waals surface area contributed by atoms with Crippen molar-refractivity contribution in [1.29, 1.82) is 0 Å². The summed E-state index contributed by atoms with van der Waals surface area (Å²) in [4.78, 5) is 11.7. The molecule has 1 N–H and O–H groups in total. The van der Waals surface area contributed by atoms with Crippen LogP contribution in [0.4, 0.5) is 5.69 Å². The summed E-state index contributed by atoms with van der Waals surface area (Å²) in [6.07, 6.45) is 1.18. The number of benzene rings is 2. The molecular formula is C20H26N2O4S. The highest BCUT2D eigenvalue weighted by Gasteiger charge is 2.18. The van der Waals surface area contributed by atoms with Crippen LogP contribution in [0.15, 0.2) is 54.6 Å². The van der Waals surface area contributed by atoms with E-state index in [1.54, 1.807) is 24.3 Å². The number of hydrogen-bond acceptors (Lipinski definition) is 4. The second-order valence-corrected chi connectivity index (χ2v) is 8.64. The minimum Gasteiger partial charge on any atom is -0.484 e.